The van der Waals surface area contributed by atoms with Crippen molar-refractivity contribution in [1.82, 2.24) is 15.1 Å². The van der Waals surface area contributed by atoms with E-state index in [4.69, 9.17) is 4.74 Å². The number of carbonyl (C=O) groups is 2. The molecule has 1 aliphatic rings. The quantitative estimate of drug-likeness (QED) is 0.845. The normalized spacial score (nSPS) is 16.4. The minimum absolute atomic E-state index is 0.0113. The zero-order valence-corrected chi connectivity index (χ0v) is 16.3. The second kappa shape index (κ2) is 9.57. The number of rotatable bonds is 6. The predicted molar refractivity (Wildman–Crippen MR) is 102 cm³/mol. The Hall–Kier alpha value is -2.08. The first-order valence-electron chi connectivity index (χ1n) is 9.40. The van der Waals surface area contributed by atoms with Crippen molar-refractivity contribution in [2.24, 2.45) is 5.92 Å². The summed E-state index contributed by atoms with van der Waals surface area (Å²) in [7, 11) is 0. The van der Waals surface area contributed by atoms with Gasteiger partial charge in [0, 0.05) is 32.7 Å². The summed E-state index contributed by atoms with van der Waals surface area (Å²) in [4.78, 5) is 28.8. The molecule has 144 valence electrons. The van der Waals surface area contributed by atoms with E-state index in [0.29, 0.717) is 19.7 Å². The maximum Gasteiger partial charge on any atom is 0.407 e. The summed E-state index contributed by atoms with van der Waals surface area (Å²) >= 11 is 0. The summed E-state index contributed by atoms with van der Waals surface area (Å²) in [6, 6.07) is 7.98. The standard InChI is InChI=1S/C20H31N3O3/c1-5-26-20(25)21-18(15(2)3)19(24)23-11-9-22(10-12-23)14-17-8-6-7-16(4)13-17/h6-8,13,15,18H,5,9-12,14H2,1-4H3,(H,21,25). The van der Waals surface area contributed by atoms with Crippen LogP contribution in [0, 0.1) is 12.8 Å². The monoisotopic (exact) mass is 361 g/mol. The van der Waals surface area contributed by atoms with Crippen molar-refractivity contribution in [2.45, 2.75) is 40.3 Å². The molecule has 0 spiro atoms. The molecule has 1 heterocycles. The van der Waals surface area contributed by atoms with Crippen LogP contribution in [0.1, 0.15) is 31.9 Å². The Morgan fingerprint density at radius 2 is 1.88 bits per heavy atom. The fourth-order valence-corrected chi connectivity index (χ4v) is 3.21. The maximum absolute atomic E-state index is 12.8. The number of ether oxygens (including phenoxy) is 1. The van der Waals surface area contributed by atoms with Crippen LogP contribution in [0.4, 0.5) is 4.79 Å². The fraction of sp³-hybridized carbons (Fsp3) is 0.600. The molecular weight excluding hydrogens is 330 g/mol. The molecule has 1 fully saturated rings. The lowest BCUT2D eigenvalue weighted by atomic mass is 10.0. The van der Waals surface area contributed by atoms with Crippen molar-refractivity contribution in [3.8, 4) is 0 Å². The van der Waals surface area contributed by atoms with Gasteiger partial charge in [-0.25, -0.2) is 4.79 Å². The Kier molecular flexibility index (Phi) is 7.45. The molecule has 1 unspecified atom stereocenters. The Morgan fingerprint density at radius 1 is 1.19 bits per heavy atom. The molecule has 0 saturated carbocycles. The minimum Gasteiger partial charge on any atom is -0.450 e. The third-order valence-electron chi connectivity index (χ3n) is 4.65. The first-order valence-corrected chi connectivity index (χ1v) is 9.40. The van der Waals surface area contributed by atoms with Crippen molar-refractivity contribution in [3.05, 3.63) is 35.4 Å². The zero-order chi connectivity index (χ0) is 19.1. The molecular formula is C20H31N3O3. The highest BCUT2D eigenvalue weighted by molar-refractivity contribution is 5.86. The van der Waals surface area contributed by atoms with Crippen LogP contribution in [-0.2, 0) is 16.1 Å². The average Bonchev–Trinajstić information content (AvgIpc) is 2.60. The number of amides is 2. The molecule has 1 saturated heterocycles. The van der Waals surface area contributed by atoms with Gasteiger partial charge in [-0.3, -0.25) is 9.69 Å². The first-order chi connectivity index (χ1) is 12.4. The molecule has 1 aromatic carbocycles. The Labute approximate surface area is 156 Å². The van der Waals surface area contributed by atoms with Gasteiger partial charge in [0.1, 0.15) is 6.04 Å². The highest BCUT2D eigenvalue weighted by Crippen LogP contribution is 2.13. The smallest absolute Gasteiger partial charge is 0.407 e. The molecule has 2 rings (SSSR count). The van der Waals surface area contributed by atoms with E-state index in [9.17, 15) is 9.59 Å². The van der Waals surface area contributed by atoms with Gasteiger partial charge in [0.05, 0.1) is 6.61 Å². The second-order valence-electron chi connectivity index (χ2n) is 7.18. The van der Waals surface area contributed by atoms with Crippen LogP contribution in [0.5, 0.6) is 0 Å². The van der Waals surface area contributed by atoms with Crippen LogP contribution >= 0.6 is 0 Å². The van der Waals surface area contributed by atoms with Gasteiger partial charge in [0.15, 0.2) is 0 Å². The van der Waals surface area contributed by atoms with E-state index in [0.717, 1.165) is 19.6 Å². The van der Waals surface area contributed by atoms with E-state index in [1.54, 1.807) is 6.92 Å². The Balaban J connectivity index is 1.88. The largest absolute Gasteiger partial charge is 0.450 e. The zero-order valence-electron chi connectivity index (χ0n) is 16.3. The number of alkyl carbamates (subject to hydrolysis) is 1. The number of benzene rings is 1. The fourth-order valence-electron chi connectivity index (χ4n) is 3.21. The third-order valence-corrected chi connectivity index (χ3v) is 4.65. The summed E-state index contributed by atoms with van der Waals surface area (Å²) < 4.78 is 4.92. The Morgan fingerprint density at radius 3 is 2.46 bits per heavy atom. The first kappa shape index (κ1) is 20.2. The van der Waals surface area contributed by atoms with Crippen molar-refractivity contribution >= 4 is 12.0 Å². The van der Waals surface area contributed by atoms with E-state index < -0.39 is 12.1 Å². The summed E-state index contributed by atoms with van der Waals surface area (Å²) in [5, 5.41) is 2.71. The third kappa shape index (κ3) is 5.73. The molecule has 0 aromatic heterocycles. The van der Waals surface area contributed by atoms with E-state index in [2.05, 4.69) is 41.4 Å². The number of nitrogens with zero attached hydrogens (tertiary/aromatic N) is 2. The van der Waals surface area contributed by atoms with Crippen LogP contribution < -0.4 is 5.32 Å². The molecule has 1 N–H and O–H groups in total. The van der Waals surface area contributed by atoms with Crippen LogP contribution in [-0.4, -0.2) is 60.6 Å². The van der Waals surface area contributed by atoms with E-state index >= 15 is 0 Å². The van der Waals surface area contributed by atoms with Gasteiger partial charge in [0.25, 0.3) is 0 Å². The van der Waals surface area contributed by atoms with Gasteiger partial charge >= 0.3 is 6.09 Å². The van der Waals surface area contributed by atoms with Gasteiger partial charge in [0.2, 0.25) is 5.91 Å². The molecule has 1 aliphatic heterocycles. The predicted octanol–water partition coefficient (Wildman–Crippen LogP) is 2.41. The summed E-state index contributed by atoms with van der Waals surface area (Å²) in [6.45, 7) is 11.9. The number of piperazine rings is 1. The van der Waals surface area contributed by atoms with Crippen LogP contribution in [0.3, 0.4) is 0 Å². The van der Waals surface area contributed by atoms with Crippen molar-refractivity contribution in [1.29, 1.82) is 0 Å². The van der Waals surface area contributed by atoms with Crippen molar-refractivity contribution in [3.63, 3.8) is 0 Å². The topological polar surface area (TPSA) is 61.9 Å². The number of carbonyl (C=O) groups excluding carboxylic acids is 2. The SMILES string of the molecule is CCOC(=O)NC(C(=O)N1CCN(Cc2cccc(C)c2)CC1)C(C)C. The second-order valence-corrected chi connectivity index (χ2v) is 7.18. The van der Waals surface area contributed by atoms with Gasteiger partial charge in [-0.1, -0.05) is 43.7 Å². The van der Waals surface area contributed by atoms with Crippen LogP contribution in [0.15, 0.2) is 24.3 Å². The van der Waals surface area contributed by atoms with E-state index in [1.165, 1.54) is 11.1 Å². The molecule has 0 radical (unpaired) electrons. The lowest BCUT2D eigenvalue weighted by molar-refractivity contribution is -0.136. The summed E-state index contributed by atoms with van der Waals surface area (Å²) in [6.07, 6.45) is -0.530. The molecule has 26 heavy (non-hydrogen) atoms. The van der Waals surface area contributed by atoms with Crippen LogP contribution in [0.25, 0.3) is 0 Å². The van der Waals surface area contributed by atoms with Crippen molar-refractivity contribution < 1.29 is 14.3 Å². The molecule has 6 heteroatoms. The lowest BCUT2D eigenvalue weighted by Crippen LogP contribution is -2.56. The maximum atomic E-state index is 12.8. The molecule has 0 bridgehead atoms. The Bertz CT molecular complexity index is 610. The molecule has 1 atom stereocenters. The molecule has 1 aromatic rings. The lowest BCUT2D eigenvalue weighted by Gasteiger charge is -2.37. The van der Waals surface area contributed by atoms with Gasteiger partial charge in [-0.2, -0.15) is 0 Å². The van der Waals surface area contributed by atoms with Gasteiger partial charge in [-0.15, -0.1) is 0 Å². The number of nitrogens with one attached hydrogen (secondary N) is 1. The van der Waals surface area contributed by atoms with E-state index in [-0.39, 0.29) is 11.8 Å². The van der Waals surface area contributed by atoms with Crippen LogP contribution in [0.2, 0.25) is 0 Å². The number of hydrogen-bond donors (Lipinski definition) is 1. The van der Waals surface area contributed by atoms with Crippen molar-refractivity contribution in [2.75, 3.05) is 32.8 Å². The molecule has 6 nitrogen and oxygen atoms in total. The average molecular weight is 361 g/mol. The van der Waals surface area contributed by atoms with Gasteiger partial charge < -0.3 is 15.0 Å². The highest BCUT2D eigenvalue weighted by Gasteiger charge is 2.31. The molecule has 0 aliphatic carbocycles. The highest BCUT2D eigenvalue weighted by atomic mass is 16.5. The van der Waals surface area contributed by atoms with E-state index in [1.807, 2.05) is 18.7 Å². The summed E-state index contributed by atoms with van der Waals surface area (Å²) in [5.41, 5.74) is 2.56. The minimum atomic E-state index is -0.544. The van der Waals surface area contributed by atoms with Gasteiger partial charge in [-0.05, 0) is 25.3 Å². The number of hydrogen-bond acceptors (Lipinski definition) is 4. The number of aryl methyl sites for hydroxylation is 1. The summed E-state index contributed by atoms with van der Waals surface area (Å²) in [5.74, 6) is -0.0134. The molecule has 2 amide bonds.